The van der Waals surface area contributed by atoms with Crippen molar-refractivity contribution in [1.29, 1.82) is 0 Å². The summed E-state index contributed by atoms with van der Waals surface area (Å²) in [5.74, 6) is 0.557. The minimum Gasteiger partial charge on any atom is -0.489 e. The van der Waals surface area contributed by atoms with E-state index in [-0.39, 0.29) is 17.4 Å². The van der Waals surface area contributed by atoms with Gasteiger partial charge in [-0.3, -0.25) is 4.79 Å². The van der Waals surface area contributed by atoms with Gasteiger partial charge in [0.2, 0.25) is 5.75 Å². The lowest BCUT2D eigenvalue weighted by Crippen LogP contribution is -2.33. The van der Waals surface area contributed by atoms with Crippen molar-refractivity contribution in [3.8, 4) is 5.75 Å². The molecule has 0 aliphatic heterocycles. The van der Waals surface area contributed by atoms with E-state index in [0.717, 1.165) is 32.1 Å². The zero-order valence-electron chi connectivity index (χ0n) is 10.5. The molecule has 0 radical (unpaired) electrons. The van der Waals surface area contributed by atoms with Crippen LogP contribution in [-0.2, 0) is 0 Å². The first-order valence-electron chi connectivity index (χ1n) is 6.28. The second-order valence-electron chi connectivity index (χ2n) is 4.57. The summed E-state index contributed by atoms with van der Waals surface area (Å²) in [5.41, 5.74) is -0.321. The lowest BCUT2D eigenvalue weighted by Gasteiger charge is -2.22. The van der Waals surface area contributed by atoms with E-state index < -0.39 is 6.10 Å². The van der Waals surface area contributed by atoms with Crippen molar-refractivity contribution >= 4 is 5.82 Å². The summed E-state index contributed by atoms with van der Waals surface area (Å²) in [4.78, 5) is 18.1. The first-order chi connectivity index (χ1) is 8.72. The van der Waals surface area contributed by atoms with Crippen LogP contribution in [0.3, 0.4) is 0 Å². The molecule has 1 aromatic rings. The minimum absolute atomic E-state index is 0.0734. The number of anilines is 1. The van der Waals surface area contributed by atoms with E-state index >= 15 is 0 Å². The Kier molecular flexibility index (Phi) is 4.19. The number of aromatic amines is 1. The molecular formula is C12H19N3O3. The maximum atomic E-state index is 11.5. The molecule has 100 valence electrons. The van der Waals surface area contributed by atoms with Gasteiger partial charge >= 0.3 is 0 Å². The van der Waals surface area contributed by atoms with Crippen molar-refractivity contribution < 1.29 is 9.84 Å². The third-order valence-electron chi connectivity index (χ3n) is 3.32. The number of methoxy groups -OCH3 is 1. The normalized spacial score (nSPS) is 24.3. The van der Waals surface area contributed by atoms with Gasteiger partial charge in [-0.25, -0.2) is 4.98 Å². The molecule has 0 amide bonds. The number of aliphatic hydroxyl groups excluding tert-OH is 1. The van der Waals surface area contributed by atoms with Gasteiger partial charge in [0.05, 0.1) is 25.6 Å². The van der Waals surface area contributed by atoms with Gasteiger partial charge in [-0.2, -0.15) is 0 Å². The van der Waals surface area contributed by atoms with Crippen LogP contribution in [0.5, 0.6) is 5.75 Å². The average Bonchev–Trinajstić information content (AvgIpc) is 2.55. The van der Waals surface area contributed by atoms with Gasteiger partial charge in [-0.15, -0.1) is 0 Å². The van der Waals surface area contributed by atoms with E-state index in [1.165, 1.54) is 13.4 Å². The fourth-order valence-corrected chi connectivity index (χ4v) is 2.31. The first kappa shape index (κ1) is 12.9. The highest BCUT2D eigenvalue weighted by molar-refractivity contribution is 5.48. The van der Waals surface area contributed by atoms with Crippen LogP contribution >= 0.6 is 0 Å². The molecule has 18 heavy (non-hydrogen) atoms. The van der Waals surface area contributed by atoms with E-state index in [2.05, 4.69) is 15.3 Å². The van der Waals surface area contributed by atoms with Crippen LogP contribution in [0, 0.1) is 0 Å². The number of aromatic nitrogens is 2. The number of rotatable bonds is 3. The van der Waals surface area contributed by atoms with Crippen molar-refractivity contribution in [3.05, 3.63) is 16.7 Å². The molecular weight excluding hydrogens is 234 g/mol. The van der Waals surface area contributed by atoms with Crippen LogP contribution in [0.25, 0.3) is 0 Å². The molecule has 1 heterocycles. The molecule has 0 spiro atoms. The second kappa shape index (κ2) is 5.86. The molecule has 1 aromatic heterocycles. The summed E-state index contributed by atoms with van der Waals surface area (Å²) < 4.78 is 5.03. The summed E-state index contributed by atoms with van der Waals surface area (Å²) in [5, 5.41) is 13.2. The fraction of sp³-hybridized carbons (Fsp3) is 0.667. The smallest absolute Gasteiger partial charge is 0.295 e. The van der Waals surface area contributed by atoms with Crippen LogP contribution < -0.4 is 15.6 Å². The van der Waals surface area contributed by atoms with Crippen molar-refractivity contribution in [1.82, 2.24) is 9.97 Å². The summed E-state index contributed by atoms with van der Waals surface area (Å²) in [6, 6.07) is -0.0734. The largest absolute Gasteiger partial charge is 0.489 e. The molecule has 6 heteroatoms. The molecule has 2 unspecified atom stereocenters. The van der Waals surface area contributed by atoms with Crippen molar-refractivity contribution in [2.24, 2.45) is 0 Å². The highest BCUT2D eigenvalue weighted by Crippen LogP contribution is 2.23. The topological polar surface area (TPSA) is 87.2 Å². The number of aliphatic hydroxyl groups is 1. The number of H-pyrrole nitrogens is 1. The van der Waals surface area contributed by atoms with Gasteiger partial charge < -0.3 is 20.1 Å². The zero-order valence-corrected chi connectivity index (χ0v) is 10.5. The fourth-order valence-electron chi connectivity index (χ4n) is 2.31. The van der Waals surface area contributed by atoms with E-state index in [1.807, 2.05) is 0 Å². The highest BCUT2D eigenvalue weighted by atomic mass is 16.5. The lowest BCUT2D eigenvalue weighted by molar-refractivity contribution is 0.144. The lowest BCUT2D eigenvalue weighted by atomic mass is 10.1. The molecule has 1 saturated carbocycles. The molecule has 3 N–H and O–H groups in total. The number of hydrogen-bond acceptors (Lipinski definition) is 5. The number of hydrogen-bond donors (Lipinski definition) is 3. The van der Waals surface area contributed by atoms with Gasteiger partial charge in [0.25, 0.3) is 5.56 Å². The van der Waals surface area contributed by atoms with Crippen molar-refractivity contribution in [2.75, 3.05) is 12.4 Å². The number of nitrogens with one attached hydrogen (secondary N) is 2. The van der Waals surface area contributed by atoms with Gasteiger partial charge in [0, 0.05) is 0 Å². The predicted octanol–water partition coefficient (Wildman–Crippen LogP) is 0.884. The first-order valence-corrected chi connectivity index (χ1v) is 6.28. The third-order valence-corrected chi connectivity index (χ3v) is 3.32. The maximum Gasteiger partial charge on any atom is 0.295 e. The molecule has 2 atom stereocenters. The molecule has 0 bridgehead atoms. The number of nitrogens with zero attached hydrogens (tertiary/aromatic N) is 1. The van der Waals surface area contributed by atoms with Crippen LogP contribution in [0.15, 0.2) is 11.1 Å². The van der Waals surface area contributed by atoms with Crippen molar-refractivity contribution in [2.45, 2.75) is 44.2 Å². The third kappa shape index (κ3) is 2.81. The average molecular weight is 253 g/mol. The number of ether oxygens (including phenoxy) is 1. The van der Waals surface area contributed by atoms with Gasteiger partial charge in [-0.05, 0) is 12.8 Å². The molecule has 1 fully saturated rings. The molecule has 6 nitrogen and oxygen atoms in total. The Morgan fingerprint density at radius 3 is 3.00 bits per heavy atom. The Morgan fingerprint density at radius 1 is 1.44 bits per heavy atom. The molecule has 2 rings (SSSR count). The standard InChI is InChI=1S/C12H19N3O3/c1-18-10-11(13-7-14-12(10)17)15-8-5-3-2-4-6-9(8)16/h7-9,16H,2-6H2,1H3,(H2,13,14,15,17). The Bertz CT molecular complexity index is 446. The Morgan fingerprint density at radius 2 is 2.22 bits per heavy atom. The Balaban J connectivity index is 2.17. The maximum absolute atomic E-state index is 11.5. The van der Waals surface area contributed by atoms with Crippen LogP contribution in [-0.4, -0.2) is 34.3 Å². The highest BCUT2D eigenvalue weighted by Gasteiger charge is 2.23. The molecule has 1 aliphatic carbocycles. The van der Waals surface area contributed by atoms with Gasteiger partial charge in [-0.1, -0.05) is 19.3 Å². The van der Waals surface area contributed by atoms with Crippen LogP contribution in [0.2, 0.25) is 0 Å². The van der Waals surface area contributed by atoms with Gasteiger partial charge in [0.15, 0.2) is 5.82 Å². The monoisotopic (exact) mass is 253 g/mol. The van der Waals surface area contributed by atoms with Crippen LogP contribution in [0.1, 0.15) is 32.1 Å². The van der Waals surface area contributed by atoms with Crippen LogP contribution in [0.4, 0.5) is 5.82 Å². The molecule has 1 aliphatic rings. The summed E-state index contributed by atoms with van der Waals surface area (Å²) in [7, 11) is 1.43. The van der Waals surface area contributed by atoms with Gasteiger partial charge in [0.1, 0.15) is 0 Å². The summed E-state index contributed by atoms with van der Waals surface area (Å²) in [6.45, 7) is 0. The van der Waals surface area contributed by atoms with E-state index in [4.69, 9.17) is 4.74 Å². The summed E-state index contributed by atoms with van der Waals surface area (Å²) in [6.07, 6.45) is 5.82. The predicted molar refractivity (Wildman–Crippen MR) is 67.9 cm³/mol. The Labute approximate surface area is 105 Å². The minimum atomic E-state index is -0.404. The molecule has 0 aromatic carbocycles. The molecule has 0 saturated heterocycles. The van der Waals surface area contributed by atoms with E-state index in [9.17, 15) is 9.90 Å². The second-order valence-corrected chi connectivity index (χ2v) is 4.57. The van der Waals surface area contributed by atoms with E-state index in [0.29, 0.717) is 5.82 Å². The SMILES string of the molecule is COc1c(NC2CCCCCC2O)nc[nH]c1=O. The van der Waals surface area contributed by atoms with Crippen molar-refractivity contribution in [3.63, 3.8) is 0 Å². The zero-order chi connectivity index (χ0) is 13.0. The quantitative estimate of drug-likeness (QED) is 0.696. The van der Waals surface area contributed by atoms with E-state index in [1.54, 1.807) is 0 Å². The summed E-state index contributed by atoms with van der Waals surface area (Å²) >= 11 is 0. The Hall–Kier alpha value is -1.56.